The number of aromatic amines is 2. The summed E-state index contributed by atoms with van der Waals surface area (Å²) in [6.45, 7) is 11.3. The SMILES string of the molecule is CC(C)(C)OC(=O)N[C@H](Cc1c([Se][Se]c2[nH]c3ccccc3c2C[C@@H](NC(=O)OC(C)(C)C)C(=O)NCc2ccccc2)[nH]c2ccccc12)C(=O)NCc1ccccc1. The second kappa shape index (κ2) is 19.7. The molecule has 6 aromatic rings. The van der Waals surface area contributed by atoms with E-state index in [4.69, 9.17) is 9.47 Å². The van der Waals surface area contributed by atoms with E-state index in [1.165, 1.54) is 0 Å². The number of hydrogen-bond donors (Lipinski definition) is 6. The van der Waals surface area contributed by atoms with E-state index in [-0.39, 0.29) is 50.9 Å². The molecule has 0 radical (unpaired) electrons. The van der Waals surface area contributed by atoms with E-state index in [2.05, 4.69) is 31.2 Å². The molecule has 6 N–H and O–H groups in total. The summed E-state index contributed by atoms with van der Waals surface area (Å²) < 4.78 is 13.2. The van der Waals surface area contributed by atoms with Gasteiger partial charge in [0, 0.05) is 0 Å². The Hall–Kier alpha value is -5.52. The van der Waals surface area contributed by atoms with Gasteiger partial charge in [-0.05, 0) is 0 Å². The Labute approximate surface area is 361 Å². The van der Waals surface area contributed by atoms with Gasteiger partial charge in [-0.2, -0.15) is 0 Å². The molecule has 0 saturated carbocycles. The van der Waals surface area contributed by atoms with Gasteiger partial charge in [0.15, 0.2) is 0 Å². The van der Waals surface area contributed by atoms with E-state index in [9.17, 15) is 19.2 Å². The molecule has 0 unspecified atom stereocenters. The number of rotatable bonds is 15. The Bertz CT molecular complexity index is 2250. The minimum atomic E-state index is -0.928. The molecule has 2 atom stereocenters. The first kappa shape index (κ1) is 44.0. The summed E-state index contributed by atoms with van der Waals surface area (Å²) in [4.78, 5) is 61.4. The Morgan fingerprint density at radius 1 is 0.533 bits per heavy atom. The molecule has 2 heterocycles. The van der Waals surface area contributed by atoms with Crippen LogP contribution in [-0.4, -0.2) is 83.5 Å². The van der Waals surface area contributed by atoms with Crippen molar-refractivity contribution in [2.45, 2.75) is 90.8 Å². The summed E-state index contributed by atoms with van der Waals surface area (Å²) in [6, 6.07) is 33.3. The molecule has 0 aliphatic rings. The number of amides is 4. The number of ether oxygens (including phenoxy) is 2. The molecule has 12 nitrogen and oxygen atoms in total. The van der Waals surface area contributed by atoms with Crippen LogP contribution in [0.3, 0.4) is 0 Å². The number of alkyl carbamates (subject to hydrolysis) is 2. The zero-order valence-electron chi connectivity index (χ0n) is 34.6. The van der Waals surface area contributed by atoms with Crippen molar-refractivity contribution in [2.75, 3.05) is 0 Å². The van der Waals surface area contributed by atoms with Crippen LogP contribution in [0.25, 0.3) is 21.8 Å². The molecule has 14 heteroatoms. The average molecular weight is 943 g/mol. The Kier molecular flexibility index (Phi) is 14.5. The van der Waals surface area contributed by atoms with Crippen molar-refractivity contribution in [1.82, 2.24) is 31.2 Å². The van der Waals surface area contributed by atoms with Crippen molar-refractivity contribution < 1.29 is 28.7 Å². The molecule has 0 saturated heterocycles. The van der Waals surface area contributed by atoms with Crippen LogP contribution in [0, 0.1) is 0 Å². The summed E-state index contributed by atoms with van der Waals surface area (Å²) in [7, 11) is 0. The number of nitrogens with one attached hydrogen (secondary N) is 6. The van der Waals surface area contributed by atoms with Crippen LogP contribution in [-0.2, 0) is 45.0 Å². The third kappa shape index (κ3) is 12.5. The van der Waals surface area contributed by atoms with Crippen LogP contribution in [0.2, 0.25) is 0 Å². The van der Waals surface area contributed by atoms with Gasteiger partial charge in [-0.1, -0.05) is 0 Å². The number of fused-ring (bicyclic) bond motifs is 2. The molecule has 4 aromatic carbocycles. The quantitative estimate of drug-likeness (QED) is 0.0753. The maximum atomic E-state index is 13.9. The van der Waals surface area contributed by atoms with Crippen LogP contribution in [0.5, 0.6) is 0 Å². The molecule has 314 valence electrons. The van der Waals surface area contributed by atoms with E-state index in [1.54, 1.807) is 41.5 Å². The molecule has 4 amide bonds. The van der Waals surface area contributed by atoms with Crippen molar-refractivity contribution in [1.29, 1.82) is 0 Å². The van der Waals surface area contributed by atoms with Crippen LogP contribution >= 0.6 is 0 Å². The average Bonchev–Trinajstić information content (AvgIpc) is 3.73. The second-order valence-corrected chi connectivity index (χ2v) is 22.4. The van der Waals surface area contributed by atoms with Gasteiger partial charge in [-0.25, -0.2) is 0 Å². The third-order valence-electron chi connectivity index (χ3n) is 9.21. The van der Waals surface area contributed by atoms with Gasteiger partial charge in [0.25, 0.3) is 0 Å². The van der Waals surface area contributed by atoms with Crippen molar-refractivity contribution >= 4 is 81.3 Å². The normalized spacial score (nSPS) is 12.7. The molecule has 6 rings (SSSR count). The van der Waals surface area contributed by atoms with E-state index < -0.39 is 35.5 Å². The minimum absolute atomic E-state index is 0.169. The summed E-state index contributed by atoms with van der Waals surface area (Å²) >= 11 is -0.338. The molecule has 0 spiro atoms. The number of carbonyl (C=O) groups excluding carboxylic acids is 4. The number of carbonyl (C=O) groups is 4. The fourth-order valence-corrected chi connectivity index (χ4v) is 13.7. The van der Waals surface area contributed by atoms with Gasteiger partial charge in [0.05, 0.1) is 0 Å². The molecular formula is C46H52N6O6Se2. The summed E-state index contributed by atoms with van der Waals surface area (Å²) in [6.07, 6.45) is -0.910. The molecule has 0 aliphatic heterocycles. The van der Waals surface area contributed by atoms with E-state index in [0.29, 0.717) is 13.1 Å². The number of aromatic nitrogens is 2. The van der Waals surface area contributed by atoms with Gasteiger partial charge < -0.3 is 0 Å². The van der Waals surface area contributed by atoms with Crippen molar-refractivity contribution in [3.05, 3.63) is 131 Å². The molecule has 0 bridgehead atoms. The van der Waals surface area contributed by atoms with E-state index in [1.807, 2.05) is 109 Å². The Morgan fingerprint density at radius 2 is 0.883 bits per heavy atom. The Morgan fingerprint density at radius 3 is 1.25 bits per heavy atom. The fourth-order valence-electron chi connectivity index (χ4n) is 6.52. The van der Waals surface area contributed by atoms with Crippen LogP contribution in [0.4, 0.5) is 9.59 Å². The van der Waals surface area contributed by atoms with Crippen molar-refractivity contribution in [2.24, 2.45) is 0 Å². The predicted octanol–water partition coefficient (Wildman–Crippen LogP) is 5.43. The molecule has 2 aromatic heterocycles. The first-order valence-corrected chi connectivity index (χ1v) is 25.8. The zero-order valence-corrected chi connectivity index (χ0v) is 38.1. The third-order valence-corrected chi connectivity index (χ3v) is 16.1. The summed E-state index contributed by atoms with van der Waals surface area (Å²) in [5, 5.41) is 13.7. The molecule has 0 aliphatic carbocycles. The second-order valence-electron chi connectivity index (χ2n) is 16.3. The monoisotopic (exact) mass is 944 g/mol. The standard InChI is InChI=1S/C46H52N6O6Se2/c1-45(2,3)57-43(55)51-37(39(53)47-27-29-17-9-7-10-18-29)25-33-31-21-13-15-23-35(31)49-41(33)59-60-42-34(32-22-14-16-24-36(32)50-42)26-38(52-44(56)58-46(4,5)6)40(54)48-28-30-19-11-8-12-20-30/h7-24,37-38,49-50H,25-28H2,1-6H3,(H,47,53)(H,48,54)(H,51,55)(H,52,56)/t37-,38-/m1/s1. The van der Waals surface area contributed by atoms with Gasteiger partial charge in [-0.15, -0.1) is 0 Å². The summed E-state index contributed by atoms with van der Waals surface area (Å²) in [5.41, 5.74) is 4.08. The molecular weight excluding hydrogens is 890 g/mol. The number of benzene rings is 4. The van der Waals surface area contributed by atoms with Gasteiger partial charge >= 0.3 is 363 Å². The molecule has 0 fully saturated rings. The van der Waals surface area contributed by atoms with E-state index >= 15 is 0 Å². The topological polar surface area (TPSA) is 166 Å². The Balaban J connectivity index is 1.29. The van der Waals surface area contributed by atoms with Gasteiger partial charge in [0.2, 0.25) is 0 Å². The fraction of sp³-hybridized carbons (Fsp3) is 0.304. The maximum absolute atomic E-state index is 13.9. The number of para-hydroxylation sites is 2. The predicted molar refractivity (Wildman–Crippen MR) is 238 cm³/mol. The first-order chi connectivity index (χ1) is 28.6. The number of H-pyrrole nitrogens is 2. The van der Waals surface area contributed by atoms with E-state index in [0.717, 1.165) is 53.2 Å². The van der Waals surface area contributed by atoms with Crippen LogP contribution in [0.15, 0.2) is 109 Å². The van der Waals surface area contributed by atoms with Crippen LogP contribution in [0.1, 0.15) is 63.8 Å². The zero-order chi connectivity index (χ0) is 42.9. The molecule has 60 heavy (non-hydrogen) atoms. The van der Waals surface area contributed by atoms with Crippen molar-refractivity contribution in [3.8, 4) is 0 Å². The number of hydrogen-bond acceptors (Lipinski definition) is 6. The summed E-state index contributed by atoms with van der Waals surface area (Å²) in [5.74, 6) is -0.656. The van der Waals surface area contributed by atoms with Crippen LogP contribution < -0.4 is 30.5 Å². The van der Waals surface area contributed by atoms with Gasteiger partial charge in [-0.3, -0.25) is 0 Å². The van der Waals surface area contributed by atoms with Crippen molar-refractivity contribution in [3.63, 3.8) is 0 Å². The first-order valence-electron chi connectivity index (χ1n) is 19.8. The van der Waals surface area contributed by atoms with Gasteiger partial charge in [0.1, 0.15) is 0 Å².